The summed E-state index contributed by atoms with van der Waals surface area (Å²) in [6.45, 7) is 3.07. The van der Waals surface area contributed by atoms with Crippen LogP contribution in [-0.2, 0) is 0 Å². The van der Waals surface area contributed by atoms with Crippen LogP contribution in [0.15, 0.2) is 35.1 Å². The fraction of sp³-hybridized carbons (Fsp3) is 0.333. The maximum atomic E-state index is 11.6. The van der Waals surface area contributed by atoms with Gasteiger partial charge >= 0.3 is 0 Å². The molecule has 0 bridgehead atoms. The number of anilines is 4. The topological polar surface area (TPSA) is 52.2 Å². The lowest BCUT2D eigenvalue weighted by molar-refractivity contribution is 0.766. The molecule has 0 amide bonds. The van der Waals surface area contributed by atoms with Gasteiger partial charge in [-0.2, -0.15) is 5.10 Å². The molecule has 20 heavy (non-hydrogen) atoms. The molecule has 0 atom stereocenters. The number of unbranched alkanes of at least 4 members (excludes halogenated alkanes) is 1. The molecule has 0 fully saturated rings. The minimum atomic E-state index is -0.176. The quantitative estimate of drug-likeness (QED) is 0.931. The van der Waals surface area contributed by atoms with Gasteiger partial charge in [-0.25, -0.2) is 5.10 Å². The molecule has 3 rings (SSSR count). The minimum Gasteiger partial charge on any atom is -0.340 e. The summed E-state index contributed by atoms with van der Waals surface area (Å²) in [6, 6.07) is 9.81. The Morgan fingerprint density at radius 1 is 1.20 bits per heavy atom. The third kappa shape index (κ3) is 1.95. The van der Waals surface area contributed by atoms with Crippen LogP contribution in [0.1, 0.15) is 19.8 Å². The van der Waals surface area contributed by atoms with Crippen molar-refractivity contribution in [2.24, 2.45) is 0 Å². The highest BCUT2D eigenvalue weighted by Gasteiger charge is 2.27. The highest BCUT2D eigenvalue weighted by Crippen LogP contribution is 2.44. The van der Waals surface area contributed by atoms with E-state index in [1.807, 2.05) is 24.1 Å². The number of fused-ring (bicyclic) bond motifs is 2. The van der Waals surface area contributed by atoms with Gasteiger partial charge in [0.15, 0.2) is 5.82 Å². The second-order valence-electron chi connectivity index (χ2n) is 4.99. The number of hydrogen-bond acceptors (Lipinski definition) is 4. The van der Waals surface area contributed by atoms with E-state index in [-0.39, 0.29) is 5.56 Å². The van der Waals surface area contributed by atoms with Gasteiger partial charge in [-0.15, -0.1) is 0 Å². The van der Waals surface area contributed by atoms with E-state index in [1.54, 1.807) is 6.07 Å². The van der Waals surface area contributed by atoms with E-state index < -0.39 is 0 Å². The maximum Gasteiger partial charge on any atom is 0.266 e. The Bertz CT molecular complexity index is 680. The summed E-state index contributed by atoms with van der Waals surface area (Å²) >= 11 is 0. The molecule has 0 saturated heterocycles. The van der Waals surface area contributed by atoms with Gasteiger partial charge in [0.1, 0.15) is 0 Å². The van der Waals surface area contributed by atoms with Gasteiger partial charge in [0, 0.05) is 19.7 Å². The van der Waals surface area contributed by atoms with Crippen molar-refractivity contribution in [3.05, 3.63) is 40.7 Å². The normalized spacial score (nSPS) is 13.1. The first-order valence-electron chi connectivity index (χ1n) is 6.92. The van der Waals surface area contributed by atoms with Crippen LogP contribution in [0.2, 0.25) is 0 Å². The van der Waals surface area contributed by atoms with Gasteiger partial charge in [-0.05, 0) is 18.6 Å². The summed E-state index contributed by atoms with van der Waals surface area (Å²) in [4.78, 5) is 15.8. The first kappa shape index (κ1) is 12.7. The molecule has 0 spiro atoms. The highest BCUT2D eigenvalue weighted by molar-refractivity contribution is 5.90. The molecule has 2 aromatic rings. The van der Waals surface area contributed by atoms with E-state index in [1.165, 1.54) is 0 Å². The first-order valence-corrected chi connectivity index (χ1v) is 6.92. The van der Waals surface area contributed by atoms with Crippen LogP contribution in [0.3, 0.4) is 0 Å². The largest absolute Gasteiger partial charge is 0.340 e. The predicted octanol–water partition coefficient (Wildman–Crippen LogP) is 2.79. The molecule has 1 aromatic heterocycles. The lowest BCUT2D eigenvalue weighted by Crippen LogP contribution is -2.31. The Morgan fingerprint density at radius 3 is 2.70 bits per heavy atom. The van der Waals surface area contributed by atoms with Gasteiger partial charge < -0.3 is 9.80 Å². The number of para-hydroxylation sites is 2. The second kappa shape index (κ2) is 5.00. The lowest BCUT2D eigenvalue weighted by atomic mass is 10.1. The molecule has 1 N–H and O–H groups in total. The van der Waals surface area contributed by atoms with Gasteiger partial charge in [0.05, 0.1) is 17.1 Å². The van der Waals surface area contributed by atoms with E-state index >= 15 is 0 Å². The van der Waals surface area contributed by atoms with Crippen LogP contribution in [0.4, 0.5) is 22.9 Å². The number of H-pyrrole nitrogens is 1. The van der Waals surface area contributed by atoms with Gasteiger partial charge in [-0.1, -0.05) is 25.5 Å². The van der Waals surface area contributed by atoms with Crippen LogP contribution < -0.4 is 15.4 Å². The molecule has 0 saturated carbocycles. The summed E-state index contributed by atoms with van der Waals surface area (Å²) in [5.41, 5.74) is 2.91. The van der Waals surface area contributed by atoms with E-state index in [9.17, 15) is 4.79 Å². The Labute approximate surface area is 117 Å². The van der Waals surface area contributed by atoms with Crippen molar-refractivity contribution in [1.82, 2.24) is 10.2 Å². The predicted molar refractivity (Wildman–Crippen MR) is 81.3 cm³/mol. The summed E-state index contributed by atoms with van der Waals surface area (Å²) in [5.74, 6) is 0.819. The van der Waals surface area contributed by atoms with Crippen LogP contribution >= 0.6 is 0 Å². The summed E-state index contributed by atoms with van der Waals surface area (Å²) in [6.07, 6.45) is 2.20. The van der Waals surface area contributed by atoms with Crippen molar-refractivity contribution in [2.45, 2.75) is 19.8 Å². The Hall–Kier alpha value is -2.30. The summed E-state index contributed by atoms with van der Waals surface area (Å²) in [7, 11) is 1.97. The van der Waals surface area contributed by atoms with Crippen LogP contribution in [0.5, 0.6) is 0 Å². The Kier molecular flexibility index (Phi) is 3.18. The molecule has 0 unspecified atom stereocenters. The van der Waals surface area contributed by atoms with Crippen molar-refractivity contribution < 1.29 is 0 Å². The van der Waals surface area contributed by atoms with Crippen molar-refractivity contribution >= 4 is 22.9 Å². The summed E-state index contributed by atoms with van der Waals surface area (Å²) < 4.78 is 0. The molecule has 5 heteroatoms. The molecular weight excluding hydrogens is 252 g/mol. The number of rotatable bonds is 3. The average molecular weight is 270 g/mol. The average Bonchev–Trinajstić information content (AvgIpc) is 2.48. The van der Waals surface area contributed by atoms with Crippen molar-refractivity contribution in [3.8, 4) is 0 Å². The number of nitrogens with one attached hydrogen (secondary N) is 1. The van der Waals surface area contributed by atoms with Crippen molar-refractivity contribution in [1.29, 1.82) is 0 Å². The zero-order chi connectivity index (χ0) is 14.1. The number of benzene rings is 1. The van der Waals surface area contributed by atoms with Crippen LogP contribution in [0, 0.1) is 0 Å². The van der Waals surface area contributed by atoms with Crippen molar-refractivity contribution in [2.75, 3.05) is 23.4 Å². The highest BCUT2D eigenvalue weighted by atomic mass is 16.1. The third-order valence-corrected chi connectivity index (χ3v) is 3.66. The van der Waals surface area contributed by atoms with Crippen LogP contribution in [0.25, 0.3) is 0 Å². The second-order valence-corrected chi connectivity index (χ2v) is 4.99. The standard InChI is InChI=1S/C15H18N4O/c1-3-4-9-19-12-8-6-5-7-11(12)18(2)13-10-14(20)16-17-15(13)19/h5-8,10H,3-4,9H2,1-2H3,(H,16,20). The number of aromatic nitrogens is 2. The molecule has 1 aromatic carbocycles. The monoisotopic (exact) mass is 270 g/mol. The van der Waals surface area contributed by atoms with Gasteiger partial charge in [-0.3, -0.25) is 4.79 Å². The zero-order valence-corrected chi connectivity index (χ0v) is 11.8. The fourth-order valence-corrected chi connectivity index (χ4v) is 2.59. The smallest absolute Gasteiger partial charge is 0.266 e. The minimum absolute atomic E-state index is 0.176. The molecule has 1 aliphatic rings. The first-order chi connectivity index (χ1) is 9.72. The Balaban J connectivity index is 2.16. The number of hydrogen-bond donors (Lipinski definition) is 1. The fourth-order valence-electron chi connectivity index (χ4n) is 2.59. The molecular formula is C15H18N4O. The van der Waals surface area contributed by atoms with Gasteiger partial charge in [0.2, 0.25) is 0 Å². The van der Waals surface area contributed by atoms with E-state index in [0.29, 0.717) is 0 Å². The van der Waals surface area contributed by atoms with Crippen molar-refractivity contribution in [3.63, 3.8) is 0 Å². The molecule has 0 aliphatic carbocycles. The molecule has 5 nitrogen and oxygen atoms in total. The molecule has 104 valence electrons. The maximum absolute atomic E-state index is 11.6. The van der Waals surface area contributed by atoms with E-state index in [0.717, 1.165) is 42.3 Å². The third-order valence-electron chi connectivity index (χ3n) is 3.66. The SMILES string of the molecule is CCCCN1c2ccccc2N(C)c2cc(=O)[nH]nc21. The zero-order valence-electron chi connectivity index (χ0n) is 11.8. The Morgan fingerprint density at radius 2 is 1.95 bits per heavy atom. The molecule has 2 heterocycles. The number of aromatic amines is 1. The van der Waals surface area contributed by atoms with E-state index in [2.05, 4.69) is 34.2 Å². The molecule has 1 aliphatic heterocycles. The van der Waals surface area contributed by atoms with Gasteiger partial charge in [0.25, 0.3) is 5.56 Å². The number of nitrogens with zero attached hydrogens (tertiary/aromatic N) is 3. The molecule has 0 radical (unpaired) electrons. The summed E-state index contributed by atoms with van der Waals surface area (Å²) in [5, 5.41) is 6.79. The van der Waals surface area contributed by atoms with E-state index in [4.69, 9.17) is 0 Å². The lowest BCUT2D eigenvalue weighted by Gasteiger charge is -2.36. The van der Waals surface area contributed by atoms with Crippen LogP contribution in [-0.4, -0.2) is 23.8 Å².